The number of hydrogen-bond donors (Lipinski definition) is 3. The Kier molecular flexibility index (Phi) is 21.7. The van der Waals surface area contributed by atoms with E-state index in [2.05, 4.69) is 207 Å². The summed E-state index contributed by atoms with van der Waals surface area (Å²) in [4.78, 5) is 33.5. The maximum absolute atomic E-state index is 11.2. The Morgan fingerprint density at radius 2 is 0.298 bits per heavy atom. The zero-order valence-corrected chi connectivity index (χ0v) is 44.8. The van der Waals surface area contributed by atoms with Gasteiger partial charge in [0.25, 0.3) is 0 Å². The molecule has 0 bridgehead atoms. The van der Waals surface area contributed by atoms with E-state index in [1.807, 2.05) is 0 Å². The van der Waals surface area contributed by atoms with Crippen molar-refractivity contribution in [2.24, 2.45) is 0 Å². The van der Waals surface area contributed by atoms with Crippen LogP contribution in [0.4, 0.5) is 0 Å². The maximum atomic E-state index is 11.2. The molecule has 0 atom stereocenters. The molecule has 47 heavy (non-hydrogen) atoms. The first-order valence-corrected chi connectivity index (χ1v) is 26.3. The van der Waals surface area contributed by atoms with Gasteiger partial charge in [-0.1, -0.05) is 187 Å². The van der Waals surface area contributed by atoms with Crippen molar-refractivity contribution in [3.05, 3.63) is 0 Å². The van der Waals surface area contributed by atoms with Crippen LogP contribution in [0.2, 0.25) is 45.3 Å². The van der Waals surface area contributed by atoms with E-state index in [4.69, 9.17) is 0 Å². The Morgan fingerprint density at radius 3 is 0.298 bits per heavy atom. The van der Waals surface area contributed by atoms with Crippen LogP contribution in [-0.2, 0) is 20.4 Å². The normalized spacial score (nSPS) is 14.9. The van der Waals surface area contributed by atoms with Crippen molar-refractivity contribution >= 4 is 32.9 Å². The fraction of sp³-hybridized carbons (Fsp3) is 1.00. The van der Waals surface area contributed by atoms with E-state index in [-0.39, 0.29) is 65.8 Å². The Bertz CT molecular complexity index is 661. The molecule has 1 radical (unpaired) electrons. The van der Waals surface area contributed by atoms with E-state index >= 15 is 0 Å². The topological polar surface area (TPSA) is 60.7 Å². The van der Waals surface area contributed by atoms with Crippen LogP contribution < -0.4 is 0 Å². The first kappa shape index (κ1) is 57.9. The quantitative estimate of drug-likeness (QED) is 0.168. The second-order valence-corrected chi connectivity index (χ2v) is 44.2. The van der Waals surface area contributed by atoms with Gasteiger partial charge in [-0.3, -0.25) is 0 Å². The van der Waals surface area contributed by atoms with E-state index in [1.165, 1.54) is 0 Å². The molecule has 0 aromatic carbocycles. The molecule has 0 spiro atoms. The van der Waals surface area contributed by atoms with Crippen LogP contribution in [0.5, 0.6) is 0 Å². The summed E-state index contributed by atoms with van der Waals surface area (Å²) in [6, 6.07) is 0. The van der Waals surface area contributed by atoms with Crippen molar-refractivity contribution in [2.45, 2.75) is 232 Å². The second-order valence-electron chi connectivity index (χ2n) is 23.7. The van der Waals surface area contributed by atoms with Crippen LogP contribution in [0.15, 0.2) is 0 Å². The monoisotopic (exact) mass is 912 g/mol. The van der Waals surface area contributed by atoms with Crippen molar-refractivity contribution in [2.75, 3.05) is 20.0 Å². The van der Waals surface area contributed by atoms with Gasteiger partial charge in [-0.25, -0.2) is 0 Å². The minimum atomic E-state index is -2.35. The molecular formula is C39H93O3PReSi3. The SMILES string of the molecule is CC(C)(C)[Si](O)(C(C)(C)C)C(C)(C)C.CC(C)(C)[Si](O)(C(C)(C)C)C(C)(C)C.CC(C)(C)[Si](O)(C(C)(C)C)C(C)(C)C.CP(C)C.[Re]. The predicted octanol–water partition coefficient (Wildman–Crippen LogP) is 14.3. The smallest absolute Gasteiger partial charge is 0.204 e. The first-order valence-electron chi connectivity index (χ1n) is 17.8. The van der Waals surface area contributed by atoms with Crippen LogP contribution in [-0.4, -0.2) is 59.3 Å². The van der Waals surface area contributed by atoms with Crippen molar-refractivity contribution in [1.29, 1.82) is 0 Å². The molecule has 0 aliphatic heterocycles. The van der Waals surface area contributed by atoms with Gasteiger partial charge in [0.15, 0.2) is 0 Å². The summed E-state index contributed by atoms with van der Waals surface area (Å²) in [5, 5.41) is 0.156. The van der Waals surface area contributed by atoms with E-state index < -0.39 is 25.0 Å². The van der Waals surface area contributed by atoms with Crippen molar-refractivity contribution in [3.8, 4) is 0 Å². The predicted molar refractivity (Wildman–Crippen MR) is 226 cm³/mol. The van der Waals surface area contributed by atoms with Gasteiger partial charge in [-0.15, -0.1) is 7.92 Å². The Morgan fingerprint density at radius 1 is 0.255 bits per heavy atom. The first-order chi connectivity index (χ1) is 19.0. The summed E-state index contributed by atoms with van der Waals surface area (Å²) in [6.07, 6.45) is 0. The van der Waals surface area contributed by atoms with E-state index in [0.717, 1.165) is 0 Å². The average Bonchev–Trinajstić information content (AvgIpc) is 2.64. The van der Waals surface area contributed by atoms with Crippen molar-refractivity contribution in [1.82, 2.24) is 0 Å². The summed E-state index contributed by atoms with van der Waals surface area (Å²) in [5.74, 6) is 0. The third-order valence-corrected chi connectivity index (χ3v) is 29.3. The van der Waals surface area contributed by atoms with Crippen molar-refractivity contribution in [3.63, 3.8) is 0 Å². The second kappa shape index (κ2) is 17.6. The molecular weight excluding hydrogens is 818 g/mol. The molecule has 0 saturated heterocycles. The molecule has 3 N–H and O–H groups in total. The molecule has 291 valence electrons. The third kappa shape index (κ3) is 14.5. The van der Waals surface area contributed by atoms with E-state index in [9.17, 15) is 14.4 Å². The summed E-state index contributed by atoms with van der Waals surface area (Å²) in [5.41, 5.74) is 0. The fourth-order valence-corrected chi connectivity index (χ4v) is 30.4. The van der Waals surface area contributed by atoms with Gasteiger partial charge in [-0.2, -0.15) is 0 Å². The standard InChI is InChI=1S/3C12H28OSi.C3H9P.Re/c3*1-10(2,3)14(13,11(4,5)6)12(7,8)9;1-4(2)3;/h3*13H,1-9H3;1-3H3;. The summed E-state index contributed by atoms with van der Waals surface area (Å²) in [7, 11) is -6.68. The number of hydrogen-bond acceptors (Lipinski definition) is 3. The minimum absolute atomic E-state index is 0. The molecule has 0 fully saturated rings. The van der Waals surface area contributed by atoms with Crippen LogP contribution in [0.3, 0.4) is 0 Å². The average molecular weight is 912 g/mol. The van der Waals surface area contributed by atoms with Crippen LogP contribution in [0.25, 0.3) is 0 Å². The molecule has 0 aromatic rings. The minimum Gasteiger partial charge on any atom is -0.430 e. The molecule has 0 aliphatic rings. The molecule has 0 amide bonds. The van der Waals surface area contributed by atoms with Gasteiger partial charge in [0, 0.05) is 20.4 Å². The van der Waals surface area contributed by atoms with Gasteiger partial charge in [0.1, 0.15) is 0 Å². The molecule has 0 heterocycles. The molecule has 3 nitrogen and oxygen atoms in total. The Hall–Kier alpha value is 1.62. The van der Waals surface area contributed by atoms with Crippen molar-refractivity contribution < 1.29 is 34.8 Å². The molecule has 0 rings (SSSR count). The Labute approximate surface area is 318 Å². The summed E-state index contributed by atoms with van der Waals surface area (Å²) in [6.45, 7) is 65.5. The van der Waals surface area contributed by atoms with Gasteiger partial charge >= 0.3 is 0 Å². The molecule has 0 aromatic heterocycles. The third-order valence-electron chi connectivity index (χ3n) is 9.77. The van der Waals surface area contributed by atoms with Gasteiger partial charge < -0.3 is 14.4 Å². The maximum Gasteiger partial charge on any atom is 0.204 e. The Balaban J connectivity index is -0.000000175. The zero-order valence-electron chi connectivity index (χ0n) is 38.2. The molecule has 0 saturated carbocycles. The van der Waals surface area contributed by atoms with E-state index in [1.54, 1.807) is 0 Å². The largest absolute Gasteiger partial charge is 0.430 e. The zero-order chi connectivity index (χ0) is 39.6. The molecule has 0 aliphatic carbocycles. The van der Waals surface area contributed by atoms with Crippen LogP contribution in [0.1, 0.15) is 187 Å². The van der Waals surface area contributed by atoms with Crippen LogP contribution in [0, 0.1) is 0 Å². The van der Waals surface area contributed by atoms with Gasteiger partial charge in [0.2, 0.25) is 25.0 Å². The molecule has 8 heteroatoms. The van der Waals surface area contributed by atoms with Crippen LogP contribution >= 0.6 is 7.92 Å². The number of rotatable bonds is 0. The summed E-state index contributed by atoms with van der Waals surface area (Å²) < 4.78 is 0. The molecule has 0 unspecified atom stereocenters. The van der Waals surface area contributed by atoms with Gasteiger partial charge in [0.05, 0.1) is 0 Å². The fourth-order valence-electron chi connectivity index (χ4n) is 10.1. The van der Waals surface area contributed by atoms with Gasteiger partial charge in [-0.05, 0) is 65.3 Å². The van der Waals surface area contributed by atoms with E-state index in [0.29, 0.717) is 7.92 Å². The summed E-state index contributed by atoms with van der Waals surface area (Å²) >= 11 is 0.